The van der Waals surface area contributed by atoms with Crippen molar-refractivity contribution in [3.63, 3.8) is 0 Å². The largest absolute Gasteiger partial charge is 0.508 e. The molecule has 0 heterocycles. The Bertz CT molecular complexity index is 310. The molecule has 1 rings (SSSR count). The molecule has 0 aliphatic carbocycles. The second-order valence-corrected chi connectivity index (χ2v) is 2.93. The van der Waals surface area contributed by atoms with E-state index >= 15 is 0 Å². The van der Waals surface area contributed by atoms with Gasteiger partial charge in [0.1, 0.15) is 5.75 Å². The first kappa shape index (κ1) is 13.4. The van der Waals surface area contributed by atoms with Crippen molar-refractivity contribution in [3.8, 4) is 5.75 Å². The molecular weight excluding hydrogens is 198 g/mol. The molecule has 1 atom stereocenters. The summed E-state index contributed by atoms with van der Waals surface area (Å²) in [4.78, 5) is 10.6. The summed E-state index contributed by atoms with van der Waals surface area (Å²) >= 11 is 0. The van der Waals surface area contributed by atoms with Crippen LogP contribution in [0.15, 0.2) is 24.3 Å². The van der Waals surface area contributed by atoms with Crippen LogP contribution in [0.4, 0.5) is 0 Å². The highest BCUT2D eigenvalue weighted by molar-refractivity contribution is 5.72. The first-order valence-electron chi connectivity index (χ1n) is 4.17. The molecule has 0 spiro atoms. The predicted octanol–water partition coefficient (Wildman–Crippen LogP) is 1.20. The third-order valence-corrected chi connectivity index (χ3v) is 1.92. The highest BCUT2D eigenvalue weighted by Gasteiger charge is 2.16. The lowest BCUT2D eigenvalue weighted by molar-refractivity contribution is -0.148. The van der Waals surface area contributed by atoms with E-state index in [4.69, 9.17) is 14.9 Å². The Morgan fingerprint density at radius 2 is 1.93 bits per heavy atom. The van der Waals surface area contributed by atoms with Gasteiger partial charge in [-0.05, 0) is 17.7 Å². The number of phenols is 1. The summed E-state index contributed by atoms with van der Waals surface area (Å²) in [6.45, 7) is 0. The van der Waals surface area contributed by atoms with E-state index in [1.807, 2.05) is 0 Å². The van der Waals surface area contributed by atoms with Crippen molar-refractivity contribution in [1.29, 1.82) is 0 Å². The minimum atomic E-state index is -0.986. The monoisotopic (exact) mass is 213 g/mol. The van der Waals surface area contributed by atoms with E-state index in [1.165, 1.54) is 19.2 Å². The lowest BCUT2D eigenvalue weighted by Gasteiger charge is -2.09. The Labute approximate surface area is 87.9 Å². The number of rotatable bonds is 4. The molecule has 5 N–H and O–H groups in total. The summed E-state index contributed by atoms with van der Waals surface area (Å²) < 4.78 is 4.78. The van der Waals surface area contributed by atoms with Gasteiger partial charge in [-0.15, -0.1) is 0 Å². The van der Waals surface area contributed by atoms with Crippen molar-refractivity contribution in [1.82, 2.24) is 6.15 Å². The Morgan fingerprint density at radius 1 is 1.40 bits per heavy atom. The van der Waals surface area contributed by atoms with E-state index < -0.39 is 12.1 Å². The van der Waals surface area contributed by atoms with Gasteiger partial charge in [0.05, 0.1) is 0 Å². The normalized spacial score (nSPS) is 11.5. The molecule has 1 aromatic carbocycles. The predicted molar refractivity (Wildman–Crippen MR) is 55.3 cm³/mol. The maximum Gasteiger partial charge on any atom is 0.333 e. The van der Waals surface area contributed by atoms with Crippen LogP contribution in [-0.2, 0) is 16.0 Å². The zero-order valence-corrected chi connectivity index (χ0v) is 8.51. The molecule has 5 heteroatoms. The van der Waals surface area contributed by atoms with Crippen LogP contribution < -0.4 is 6.15 Å². The van der Waals surface area contributed by atoms with Crippen LogP contribution in [0.1, 0.15) is 5.56 Å². The minimum Gasteiger partial charge on any atom is -0.508 e. The van der Waals surface area contributed by atoms with Gasteiger partial charge in [-0.3, -0.25) is 0 Å². The van der Waals surface area contributed by atoms with E-state index in [-0.39, 0.29) is 11.9 Å². The molecule has 0 saturated carbocycles. The highest BCUT2D eigenvalue weighted by atomic mass is 16.5. The van der Waals surface area contributed by atoms with Crippen LogP contribution in [0, 0.1) is 0 Å². The SMILES string of the molecule is COC(Cc1ccc(O)cc1)C(=O)O.N. The zero-order chi connectivity index (χ0) is 10.6. The number of carboxylic acids is 1. The number of carbonyl (C=O) groups is 1. The first-order valence-corrected chi connectivity index (χ1v) is 4.17. The number of phenolic OH excluding ortho intramolecular Hbond substituents is 1. The van der Waals surface area contributed by atoms with E-state index in [0.29, 0.717) is 6.42 Å². The number of benzene rings is 1. The summed E-state index contributed by atoms with van der Waals surface area (Å²) in [5.41, 5.74) is 0.817. The Kier molecular flexibility index (Phi) is 5.36. The molecule has 0 saturated heterocycles. The van der Waals surface area contributed by atoms with Crippen molar-refractivity contribution >= 4 is 5.97 Å². The van der Waals surface area contributed by atoms with Crippen LogP contribution in [-0.4, -0.2) is 29.4 Å². The minimum absolute atomic E-state index is 0. The molecule has 0 aromatic heterocycles. The van der Waals surface area contributed by atoms with Gasteiger partial charge >= 0.3 is 5.97 Å². The van der Waals surface area contributed by atoms with Gasteiger partial charge in [0.15, 0.2) is 6.10 Å². The molecule has 1 unspecified atom stereocenters. The molecular formula is C10H15NO4. The van der Waals surface area contributed by atoms with Crippen molar-refractivity contribution in [2.75, 3.05) is 7.11 Å². The molecule has 0 fully saturated rings. The number of aromatic hydroxyl groups is 1. The van der Waals surface area contributed by atoms with E-state index in [1.54, 1.807) is 12.1 Å². The average Bonchev–Trinajstić information content (AvgIpc) is 2.16. The number of carboxylic acid groups (broad SMARTS) is 1. The van der Waals surface area contributed by atoms with Crippen LogP contribution >= 0.6 is 0 Å². The number of methoxy groups -OCH3 is 1. The average molecular weight is 213 g/mol. The summed E-state index contributed by atoms with van der Waals surface area (Å²) in [5, 5.41) is 17.7. The van der Waals surface area contributed by atoms with Crippen molar-refractivity contribution in [2.24, 2.45) is 0 Å². The maximum absolute atomic E-state index is 10.6. The molecule has 15 heavy (non-hydrogen) atoms. The Hall–Kier alpha value is -1.59. The summed E-state index contributed by atoms with van der Waals surface area (Å²) in [6.07, 6.45) is -0.536. The fourth-order valence-corrected chi connectivity index (χ4v) is 1.12. The summed E-state index contributed by atoms with van der Waals surface area (Å²) in [6, 6.07) is 6.38. The number of hydrogen-bond acceptors (Lipinski definition) is 4. The van der Waals surface area contributed by atoms with E-state index in [2.05, 4.69) is 0 Å². The van der Waals surface area contributed by atoms with Crippen molar-refractivity contribution in [3.05, 3.63) is 29.8 Å². The van der Waals surface area contributed by atoms with Gasteiger partial charge in [0.25, 0.3) is 0 Å². The van der Waals surface area contributed by atoms with Crippen molar-refractivity contribution in [2.45, 2.75) is 12.5 Å². The number of aliphatic carboxylic acids is 1. The lowest BCUT2D eigenvalue weighted by atomic mass is 10.1. The third-order valence-electron chi connectivity index (χ3n) is 1.92. The van der Waals surface area contributed by atoms with Crippen LogP contribution in [0.5, 0.6) is 5.75 Å². The Balaban J connectivity index is 0.00000196. The van der Waals surface area contributed by atoms with Crippen molar-refractivity contribution < 1.29 is 19.7 Å². The summed E-state index contributed by atoms with van der Waals surface area (Å²) in [5.74, 6) is -0.821. The second kappa shape index (κ2) is 6.00. The standard InChI is InChI=1S/C10H12O4.H3N/c1-14-9(10(12)13)6-7-2-4-8(11)5-3-7;/h2-5,9,11H,6H2,1H3,(H,12,13);1H3. The molecule has 0 radical (unpaired) electrons. The molecule has 0 amide bonds. The highest BCUT2D eigenvalue weighted by Crippen LogP contribution is 2.12. The van der Waals surface area contributed by atoms with Gasteiger partial charge < -0.3 is 21.1 Å². The third kappa shape index (κ3) is 3.97. The molecule has 0 aliphatic rings. The zero-order valence-electron chi connectivity index (χ0n) is 8.51. The number of ether oxygens (including phenoxy) is 1. The van der Waals surface area contributed by atoms with Crippen LogP contribution in [0.2, 0.25) is 0 Å². The fraction of sp³-hybridized carbons (Fsp3) is 0.300. The Morgan fingerprint density at radius 3 is 2.33 bits per heavy atom. The molecule has 84 valence electrons. The van der Waals surface area contributed by atoms with Gasteiger partial charge in [0.2, 0.25) is 0 Å². The second-order valence-electron chi connectivity index (χ2n) is 2.93. The van der Waals surface area contributed by atoms with Gasteiger partial charge in [-0.2, -0.15) is 0 Å². The molecule has 0 aliphatic heterocycles. The molecule has 1 aromatic rings. The first-order chi connectivity index (χ1) is 6.63. The smallest absolute Gasteiger partial charge is 0.333 e. The van der Waals surface area contributed by atoms with E-state index in [0.717, 1.165) is 5.56 Å². The van der Waals surface area contributed by atoms with E-state index in [9.17, 15) is 4.79 Å². The van der Waals surface area contributed by atoms with Gasteiger partial charge in [-0.1, -0.05) is 12.1 Å². The van der Waals surface area contributed by atoms with Gasteiger partial charge in [-0.25, -0.2) is 4.79 Å². The maximum atomic E-state index is 10.6. The lowest BCUT2D eigenvalue weighted by Crippen LogP contribution is -2.24. The topological polar surface area (TPSA) is 102 Å². The van der Waals surface area contributed by atoms with Crippen LogP contribution in [0.3, 0.4) is 0 Å². The number of hydrogen-bond donors (Lipinski definition) is 3. The van der Waals surface area contributed by atoms with Crippen LogP contribution in [0.25, 0.3) is 0 Å². The van der Waals surface area contributed by atoms with Gasteiger partial charge in [0, 0.05) is 13.5 Å². The molecule has 0 bridgehead atoms. The molecule has 5 nitrogen and oxygen atoms in total. The fourth-order valence-electron chi connectivity index (χ4n) is 1.12. The quantitative estimate of drug-likeness (QED) is 0.697. The summed E-state index contributed by atoms with van der Waals surface area (Å²) in [7, 11) is 1.36.